The van der Waals surface area contributed by atoms with Crippen molar-refractivity contribution < 1.29 is 14.6 Å². The highest BCUT2D eigenvalue weighted by molar-refractivity contribution is 7.12. The largest absolute Gasteiger partial charge is 0.479 e. The van der Waals surface area contributed by atoms with Crippen LogP contribution in [0.4, 0.5) is 0 Å². The molecule has 0 aliphatic heterocycles. The Morgan fingerprint density at radius 1 is 1.73 bits per heavy atom. The van der Waals surface area contributed by atoms with Crippen molar-refractivity contribution in [1.29, 1.82) is 0 Å². The second-order valence-corrected chi connectivity index (χ2v) is 2.91. The maximum Gasteiger partial charge on any atom is 0.341 e. The van der Waals surface area contributed by atoms with Crippen molar-refractivity contribution in [1.82, 2.24) is 10.2 Å². The smallest absolute Gasteiger partial charge is 0.341 e. The monoisotopic (exact) mass is 174 g/mol. The molecular weight excluding hydrogens is 168 g/mol. The summed E-state index contributed by atoms with van der Waals surface area (Å²) in [4.78, 5) is 10.0. The fourth-order valence-electron chi connectivity index (χ4n) is 0.460. The van der Waals surface area contributed by atoms with Gasteiger partial charge < -0.3 is 9.84 Å². The number of aliphatic carboxylic acids is 1. The maximum atomic E-state index is 10.0. The third-order valence-corrected chi connectivity index (χ3v) is 1.58. The first-order valence-corrected chi connectivity index (χ1v) is 3.65. The summed E-state index contributed by atoms with van der Waals surface area (Å²) in [5.74, 6) is -1.02. The topological polar surface area (TPSA) is 72.3 Å². The van der Waals surface area contributed by atoms with Crippen molar-refractivity contribution in [2.75, 3.05) is 6.61 Å². The van der Waals surface area contributed by atoms with Crippen LogP contribution in [0.3, 0.4) is 0 Å². The van der Waals surface area contributed by atoms with Gasteiger partial charge in [0.15, 0.2) is 6.61 Å². The molecule has 0 atom stereocenters. The molecule has 0 fully saturated rings. The molecule has 0 bridgehead atoms. The van der Waals surface area contributed by atoms with Crippen LogP contribution in [0, 0.1) is 6.92 Å². The molecule has 0 aromatic carbocycles. The Morgan fingerprint density at radius 3 is 2.91 bits per heavy atom. The van der Waals surface area contributed by atoms with E-state index in [1.165, 1.54) is 11.3 Å². The number of carboxylic acid groups (broad SMARTS) is 1. The van der Waals surface area contributed by atoms with E-state index in [9.17, 15) is 4.79 Å². The molecule has 0 amide bonds. The standard InChI is InChI=1S/C5H6N2O3S/c1-3-6-7-5(11-3)10-2-4(8)9/h2H2,1H3,(H,8,9). The van der Waals surface area contributed by atoms with Gasteiger partial charge in [-0.15, -0.1) is 10.2 Å². The van der Waals surface area contributed by atoms with E-state index in [1.807, 2.05) is 0 Å². The number of nitrogens with zero attached hydrogens (tertiary/aromatic N) is 2. The highest BCUT2D eigenvalue weighted by Crippen LogP contribution is 2.15. The highest BCUT2D eigenvalue weighted by atomic mass is 32.1. The molecule has 11 heavy (non-hydrogen) atoms. The molecule has 5 nitrogen and oxygen atoms in total. The molecule has 0 saturated heterocycles. The minimum Gasteiger partial charge on any atom is -0.479 e. The van der Waals surface area contributed by atoms with E-state index in [1.54, 1.807) is 6.92 Å². The Hall–Kier alpha value is -1.17. The molecule has 0 unspecified atom stereocenters. The molecule has 1 aromatic rings. The van der Waals surface area contributed by atoms with Crippen LogP contribution in [0.2, 0.25) is 0 Å². The molecule has 0 aliphatic rings. The zero-order valence-electron chi connectivity index (χ0n) is 5.77. The number of carbonyl (C=O) groups is 1. The van der Waals surface area contributed by atoms with E-state index < -0.39 is 5.97 Å². The van der Waals surface area contributed by atoms with Crippen molar-refractivity contribution in [2.45, 2.75) is 6.92 Å². The number of aromatic nitrogens is 2. The predicted molar refractivity (Wildman–Crippen MR) is 37.8 cm³/mol. The molecule has 0 saturated carbocycles. The average Bonchev–Trinajstić information content (AvgIpc) is 2.31. The van der Waals surface area contributed by atoms with Gasteiger partial charge in [-0.3, -0.25) is 0 Å². The van der Waals surface area contributed by atoms with Gasteiger partial charge in [0, 0.05) is 0 Å². The van der Waals surface area contributed by atoms with Gasteiger partial charge in [0.1, 0.15) is 5.01 Å². The molecule has 0 spiro atoms. The second kappa shape index (κ2) is 3.29. The van der Waals surface area contributed by atoms with Gasteiger partial charge in [0.05, 0.1) is 0 Å². The molecule has 1 rings (SSSR count). The summed E-state index contributed by atoms with van der Waals surface area (Å²) < 4.78 is 4.73. The summed E-state index contributed by atoms with van der Waals surface area (Å²) in [7, 11) is 0. The van der Waals surface area contributed by atoms with E-state index in [2.05, 4.69) is 10.2 Å². The molecule has 0 aliphatic carbocycles. The van der Waals surface area contributed by atoms with E-state index in [4.69, 9.17) is 9.84 Å². The van der Waals surface area contributed by atoms with Crippen LogP contribution >= 0.6 is 11.3 Å². The fraction of sp³-hybridized carbons (Fsp3) is 0.400. The zero-order chi connectivity index (χ0) is 8.27. The van der Waals surface area contributed by atoms with Crippen LogP contribution in [0.1, 0.15) is 5.01 Å². The zero-order valence-corrected chi connectivity index (χ0v) is 6.59. The Kier molecular flexibility index (Phi) is 2.37. The van der Waals surface area contributed by atoms with E-state index in [0.717, 1.165) is 5.01 Å². The van der Waals surface area contributed by atoms with Crippen LogP contribution in [-0.2, 0) is 4.79 Å². The summed E-state index contributed by atoms with van der Waals surface area (Å²) in [5.41, 5.74) is 0. The first-order valence-electron chi connectivity index (χ1n) is 2.83. The van der Waals surface area contributed by atoms with Gasteiger partial charge >= 0.3 is 5.97 Å². The molecule has 1 N–H and O–H groups in total. The van der Waals surface area contributed by atoms with Crippen LogP contribution in [0.5, 0.6) is 5.19 Å². The fourth-order valence-corrected chi connectivity index (χ4v) is 0.994. The first-order chi connectivity index (χ1) is 5.18. The quantitative estimate of drug-likeness (QED) is 0.713. The molecular formula is C5H6N2O3S. The van der Waals surface area contributed by atoms with Gasteiger partial charge in [-0.25, -0.2) is 4.79 Å². The van der Waals surface area contributed by atoms with Gasteiger partial charge in [0.25, 0.3) is 5.19 Å². The lowest BCUT2D eigenvalue weighted by molar-refractivity contribution is -0.139. The summed E-state index contributed by atoms with van der Waals surface area (Å²) >= 11 is 1.22. The Morgan fingerprint density at radius 2 is 2.45 bits per heavy atom. The normalized spacial score (nSPS) is 9.55. The number of carboxylic acids is 1. The first kappa shape index (κ1) is 7.93. The van der Waals surface area contributed by atoms with Crippen molar-refractivity contribution >= 4 is 17.3 Å². The lowest BCUT2D eigenvalue weighted by Crippen LogP contribution is -2.09. The third kappa shape index (κ3) is 2.50. The Labute approximate surface area is 66.6 Å². The number of hydrogen-bond acceptors (Lipinski definition) is 5. The molecule has 1 aromatic heterocycles. The Bertz CT molecular complexity index is 260. The molecule has 0 radical (unpaired) electrons. The number of aryl methyl sites for hydroxylation is 1. The van der Waals surface area contributed by atoms with Crippen molar-refractivity contribution in [3.63, 3.8) is 0 Å². The van der Waals surface area contributed by atoms with Crippen molar-refractivity contribution in [3.05, 3.63) is 5.01 Å². The lowest BCUT2D eigenvalue weighted by atomic mass is 10.8. The van der Waals surface area contributed by atoms with Crippen LogP contribution in [0.15, 0.2) is 0 Å². The van der Waals surface area contributed by atoms with Gasteiger partial charge in [-0.2, -0.15) is 0 Å². The van der Waals surface area contributed by atoms with Crippen LogP contribution in [0.25, 0.3) is 0 Å². The Balaban J connectivity index is 2.45. The van der Waals surface area contributed by atoms with Gasteiger partial charge in [-0.05, 0) is 6.92 Å². The van der Waals surface area contributed by atoms with Crippen molar-refractivity contribution in [3.8, 4) is 5.19 Å². The molecule has 60 valence electrons. The summed E-state index contributed by atoms with van der Waals surface area (Å²) in [6.07, 6.45) is 0. The minimum atomic E-state index is -1.02. The van der Waals surface area contributed by atoms with Crippen molar-refractivity contribution in [2.24, 2.45) is 0 Å². The third-order valence-electron chi connectivity index (χ3n) is 0.827. The summed E-state index contributed by atoms with van der Waals surface area (Å²) in [6.45, 7) is 1.40. The second-order valence-electron chi connectivity index (χ2n) is 1.77. The number of hydrogen-bond donors (Lipinski definition) is 1. The summed E-state index contributed by atoms with van der Waals surface area (Å²) in [5, 5.41) is 16.5. The van der Waals surface area contributed by atoms with Gasteiger partial charge in [-0.1, -0.05) is 11.3 Å². The number of ether oxygens (including phenoxy) is 1. The maximum absolute atomic E-state index is 10.0. The lowest BCUT2D eigenvalue weighted by Gasteiger charge is -1.93. The van der Waals surface area contributed by atoms with E-state index >= 15 is 0 Å². The number of rotatable bonds is 3. The van der Waals surface area contributed by atoms with Crippen LogP contribution < -0.4 is 4.74 Å². The average molecular weight is 174 g/mol. The van der Waals surface area contributed by atoms with E-state index in [0.29, 0.717) is 5.19 Å². The van der Waals surface area contributed by atoms with E-state index in [-0.39, 0.29) is 6.61 Å². The molecule has 1 heterocycles. The molecule has 6 heteroatoms. The SMILES string of the molecule is Cc1nnc(OCC(=O)O)s1. The highest BCUT2D eigenvalue weighted by Gasteiger charge is 2.02. The van der Waals surface area contributed by atoms with Crippen LogP contribution in [-0.4, -0.2) is 27.9 Å². The minimum absolute atomic E-state index is 0.296. The summed E-state index contributed by atoms with van der Waals surface area (Å²) in [6, 6.07) is 0. The van der Waals surface area contributed by atoms with Gasteiger partial charge in [0.2, 0.25) is 0 Å². The predicted octanol–water partition coefficient (Wildman–Crippen LogP) is 0.310.